The molecular formula is C12H11F3N4S. The van der Waals surface area contributed by atoms with Crippen LogP contribution < -0.4 is 0 Å². The number of benzene rings is 1. The third-order valence-electron chi connectivity index (χ3n) is 3.00. The van der Waals surface area contributed by atoms with Crippen LogP contribution in [0.4, 0.5) is 13.2 Å². The summed E-state index contributed by atoms with van der Waals surface area (Å²) in [6.07, 6.45) is -2.13. The molecule has 8 heteroatoms. The summed E-state index contributed by atoms with van der Waals surface area (Å²) in [6, 6.07) is 5.56. The van der Waals surface area contributed by atoms with E-state index >= 15 is 0 Å². The van der Waals surface area contributed by atoms with Crippen LogP contribution in [-0.4, -0.2) is 20.2 Å². The number of thioether (sulfide) groups is 1. The maximum absolute atomic E-state index is 12.4. The lowest BCUT2D eigenvalue weighted by molar-refractivity contribution is -0.137. The molecule has 1 aromatic heterocycles. The number of hydrogen-bond acceptors (Lipinski definition) is 4. The number of nitrogens with zero attached hydrogens (tertiary/aromatic N) is 4. The standard InChI is InChI=1S/C12H11F3N4S/c13-12(14,15)9-3-1-8(2-4-9)7-20-11-16-17-18-19(11)10-5-6-10/h1-4,10H,5-7H2. The predicted octanol–water partition coefficient (Wildman–Crippen LogP) is 3.32. The Labute approximate surface area is 117 Å². The van der Waals surface area contributed by atoms with Crippen molar-refractivity contribution < 1.29 is 13.2 Å². The van der Waals surface area contributed by atoms with E-state index in [1.807, 2.05) is 0 Å². The molecule has 0 unspecified atom stereocenters. The second kappa shape index (κ2) is 5.08. The lowest BCUT2D eigenvalue weighted by atomic mass is 10.1. The molecule has 0 atom stereocenters. The fourth-order valence-corrected chi connectivity index (χ4v) is 2.67. The Morgan fingerprint density at radius 3 is 2.50 bits per heavy atom. The molecular weight excluding hydrogens is 289 g/mol. The van der Waals surface area contributed by atoms with Crippen LogP contribution in [0.1, 0.15) is 30.0 Å². The first-order valence-corrected chi connectivity index (χ1v) is 7.09. The molecule has 1 fully saturated rings. The highest BCUT2D eigenvalue weighted by Gasteiger charge is 2.30. The topological polar surface area (TPSA) is 43.6 Å². The highest BCUT2D eigenvalue weighted by Crippen LogP contribution is 2.37. The Morgan fingerprint density at radius 1 is 1.20 bits per heavy atom. The first kappa shape index (κ1) is 13.4. The normalized spacial score (nSPS) is 15.6. The Kier molecular flexibility index (Phi) is 3.41. The largest absolute Gasteiger partial charge is 0.416 e. The van der Waals surface area contributed by atoms with Gasteiger partial charge in [-0.3, -0.25) is 0 Å². The van der Waals surface area contributed by atoms with Crippen LogP contribution in [0.25, 0.3) is 0 Å². The summed E-state index contributed by atoms with van der Waals surface area (Å²) in [5.74, 6) is 0.547. The molecule has 1 heterocycles. The van der Waals surface area contributed by atoms with E-state index in [4.69, 9.17) is 0 Å². The van der Waals surface area contributed by atoms with E-state index in [2.05, 4.69) is 15.5 Å². The van der Waals surface area contributed by atoms with E-state index in [0.29, 0.717) is 17.0 Å². The van der Waals surface area contributed by atoms with Gasteiger partial charge < -0.3 is 0 Å². The summed E-state index contributed by atoms with van der Waals surface area (Å²) >= 11 is 1.43. The zero-order valence-electron chi connectivity index (χ0n) is 10.3. The van der Waals surface area contributed by atoms with Crippen molar-refractivity contribution in [2.24, 2.45) is 0 Å². The highest BCUT2D eigenvalue weighted by molar-refractivity contribution is 7.98. The van der Waals surface area contributed by atoms with Gasteiger partial charge in [-0.2, -0.15) is 13.2 Å². The van der Waals surface area contributed by atoms with Gasteiger partial charge in [0.2, 0.25) is 5.16 Å². The van der Waals surface area contributed by atoms with Gasteiger partial charge in [-0.25, -0.2) is 4.68 Å². The van der Waals surface area contributed by atoms with Crippen LogP contribution in [0.5, 0.6) is 0 Å². The van der Waals surface area contributed by atoms with Crippen molar-refractivity contribution in [2.75, 3.05) is 0 Å². The average molecular weight is 300 g/mol. The van der Waals surface area contributed by atoms with Crippen LogP contribution in [0, 0.1) is 0 Å². The molecule has 4 nitrogen and oxygen atoms in total. The Morgan fingerprint density at radius 2 is 1.90 bits per heavy atom. The smallest absolute Gasteiger partial charge is 0.217 e. The molecule has 0 amide bonds. The van der Waals surface area contributed by atoms with Gasteiger partial charge in [-0.05, 0) is 41.0 Å². The van der Waals surface area contributed by atoms with Crippen LogP contribution in [0.15, 0.2) is 29.4 Å². The number of alkyl halides is 3. The lowest BCUT2D eigenvalue weighted by Crippen LogP contribution is -2.04. The van der Waals surface area contributed by atoms with Crippen molar-refractivity contribution in [1.82, 2.24) is 20.2 Å². The summed E-state index contributed by atoms with van der Waals surface area (Å²) < 4.78 is 39.1. The maximum atomic E-state index is 12.4. The van der Waals surface area contributed by atoms with Crippen LogP contribution in [0.2, 0.25) is 0 Å². The van der Waals surface area contributed by atoms with Gasteiger partial charge >= 0.3 is 6.18 Å². The van der Waals surface area contributed by atoms with Gasteiger partial charge in [-0.15, -0.1) is 5.10 Å². The summed E-state index contributed by atoms with van der Waals surface area (Å²) in [5.41, 5.74) is 0.183. The molecule has 1 saturated carbocycles. The van der Waals surface area contributed by atoms with Crippen molar-refractivity contribution in [2.45, 2.75) is 36.0 Å². The van der Waals surface area contributed by atoms with E-state index in [1.165, 1.54) is 23.9 Å². The second-order valence-electron chi connectivity index (χ2n) is 4.62. The van der Waals surface area contributed by atoms with Crippen molar-refractivity contribution in [3.8, 4) is 0 Å². The molecule has 0 bridgehead atoms. The van der Waals surface area contributed by atoms with Gasteiger partial charge in [0.05, 0.1) is 11.6 Å². The molecule has 0 saturated heterocycles. The molecule has 2 aromatic rings. The number of tetrazole rings is 1. The van der Waals surface area contributed by atoms with E-state index in [1.54, 1.807) is 4.68 Å². The lowest BCUT2D eigenvalue weighted by Gasteiger charge is -2.07. The highest BCUT2D eigenvalue weighted by atomic mass is 32.2. The molecule has 3 rings (SSSR count). The van der Waals surface area contributed by atoms with Crippen LogP contribution in [0.3, 0.4) is 0 Å². The minimum atomic E-state index is -4.29. The molecule has 1 aromatic carbocycles. The van der Waals surface area contributed by atoms with Gasteiger partial charge in [0, 0.05) is 5.75 Å². The first-order chi connectivity index (χ1) is 9.54. The molecule has 0 spiro atoms. The second-order valence-corrected chi connectivity index (χ2v) is 5.56. The van der Waals surface area contributed by atoms with Gasteiger partial charge in [0.15, 0.2) is 0 Å². The third-order valence-corrected chi connectivity index (χ3v) is 4.01. The minimum Gasteiger partial charge on any atom is -0.217 e. The Balaban J connectivity index is 1.65. The third kappa shape index (κ3) is 2.95. The number of rotatable bonds is 4. The molecule has 106 valence electrons. The minimum absolute atomic E-state index is 0.389. The fourth-order valence-electron chi connectivity index (χ4n) is 1.77. The predicted molar refractivity (Wildman–Crippen MR) is 67.1 cm³/mol. The Bertz CT molecular complexity index is 589. The maximum Gasteiger partial charge on any atom is 0.416 e. The van der Waals surface area contributed by atoms with Crippen LogP contribution >= 0.6 is 11.8 Å². The van der Waals surface area contributed by atoms with Crippen molar-refractivity contribution >= 4 is 11.8 Å². The fraction of sp³-hybridized carbons (Fsp3) is 0.417. The first-order valence-electron chi connectivity index (χ1n) is 6.11. The zero-order valence-corrected chi connectivity index (χ0v) is 11.2. The number of halogens is 3. The van der Waals surface area contributed by atoms with E-state index < -0.39 is 11.7 Å². The van der Waals surface area contributed by atoms with Crippen molar-refractivity contribution in [1.29, 1.82) is 0 Å². The number of aromatic nitrogens is 4. The summed E-state index contributed by atoms with van der Waals surface area (Å²) in [6.45, 7) is 0. The molecule has 0 radical (unpaired) electrons. The molecule has 1 aliphatic carbocycles. The molecule has 1 aliphatic rings. The van der Waals surface area contributed by atoms with E-state index in [-0.39, 0.29) is 0 Å². The molecule has 20 heavy (non-hydrogen) atoms. The summed E-state index contributed by atoms with van der Waals surface area (Å²) in [7, 11) is 0. The van der Waals surface area contributed by atoms with Gasteiger partial charge in [-0.1, -0.05) is 23.9 Å². The van der Waals surface area contributed by atoms with E-state index in [9.17, 15) is 13.2 Å². The SMILES string of the molecule is FC(F)(F)c1ccc(CSc2nnnn2C2CC2)cc1. The van der Waals surface area contributed by atoms with Crippen LogP contribution in [-0.2, 0) is 11.9 Å². The monoisotopic (exact) mass is 300 g/mol. The quantitative estimate of drug-likeness (QED) is 0.812. The van der Waals surface area contributed by atoms with Crippen molar-refractivity contribution in [3.05, 3.63) is 35.4 Å². The summed E-state index contributed by atoms with van der Waals surface area (Å²) in [4.78, 5) is 0. The molecule has 0 N–H and O–H groups in total. The molecule has 0 aliphatic heterocycles. The van der Waals surface area contributed by atoms with Gasteiger partial charge in [0.1, 0.15) is 0 Å². The summed E-state index contributed by atoms with van der Waals surface area (Å²) in [5, 5.41) is 12.2. The van der Waals surface area contributed by atoms with Crippen molar-refractivity contribution in [3.63, 3.8) is 0 Å². The van der Waals surface area contributed by atoms with Gasteiger partial charge in [0.25, 0.3) is 0 Å². The number of hydrogen-bond donors (Lipinski definition) is 0. The average Bonchev–Trinajstić information content (AvgIpc) is 3.15. The van der Waals surface area contributed by atoms with E-state index in [0.717, 1.165) is 30.5 Å². The zero-order chi connectivity index (χ0) is 14.2. The Hall–Kier alpha value is -1.57.